The molecule has 2 aromatic carbocycles. The van der Waals surface area contributed by atoms with Crippen molar-refractivity contribution in [1.82, 2.24) is 40.4 Å². The number of aromatic amines is 2. The van der Waals surface area contributed by atoms with Crippen molar-refractivity contribution in [2.45, 2.75) is 77.9 Å². The predicted molar refractivity (Wildman–Crippen MR) is 208 cm³/mol. The summed E-state index contributed by atoms with van der Waals surface area (Å²) in [6.07, 6.45) is 1.46. The molecule has 1 aliphatic rings. The highest BCUT2D eigenvalue weighted by Crippen LogP contribution is 2.33. The third-order valence-electron chi connectivity index (χ3n) is 10.4. The molecule has 302 valence electrons. The molecule has 16 heteroatoms. The highest BCUT2D eigenvalue weighted by Gasteiger charge is 2.33. The van der Waals surface area contributed by atoms with Crippen LogP contribution in [-0.4, -0.2) is 107 Å². The van der Waals surface area contributed by atoms with Gasteiger partial charge in [-0.1, -0.05) is 58.0 Å². The van der Waals surface area contributed by atoms with Gasteiger partial charge in [0.2, 0.25) is 18.1 Å². The highest BCUT2D eigenvalue weighted by molar-refractivity contribution is 5.88. The third-order valence-corrected chi connectivity index (χ3v) is 10.4. The summed E-state index contributed by atoms with van der Waals surface area (Å²) in [5.41, 5.74) is 3.51. The summed E-state index contributed by atoms with van der Waals surface area (Å²) in [7, 11) is 5.89. The average molecular weight is 775 g/mol. The van der Waals surface area contributed by atoms with Crippen LogP contribution in [0.3, 0.4) is 0 Å². The number of imidazole rings is 2. The smallest absolute Gasteiger partial charge is 0.407 e. The zero-order chi connectivity index (χ0) is 40.8. The number of nitrogens with one attached hydrogen (secondary N) is 4. The van der Waals surface area contributed by atoms with Crippen molar-refractivity contribution in [2.24, 2.45) is 11.8 Å². The molecule has 0 aliphatic carbocycles. The van der Waals surface area contributed by atoms with Crippen molar-refractivity contribution in [2.75, 3.05) is 41.5 Å². The van der Waals surface area contributed by atoms with Crippen molar-refractivity contribution in [3.05, 3.63) is 71.7 Å². The van der Waals surface area contributed by atoms with E-state index < -0.39 is 36.6 Å². The van der Waals surface area contributed by atoms with Crippen LogP contribution in [0.5, 0.6) is 0 Å². The van der Waals surface area contributed by atoms with E-state index in [4.69, 9.17) is 18.9 Å². The van der Waals surface area contributed by atoms with Gasteiger partial charge < -0.3 is 49.3 Å². The Morgan fingerprint density at radius 2 is 1.23 bits per heavy atom. The lowest BCUT2D eigenvalue weighted by atomic mass is 9.96. The molecule has 16 nitrogen and oxygen atoms in total. The van der Waals surface area contributed by atoms with E-state index in [1.165, 1.54) is 14.2 Å². The van der Waals surface area contributed by atoms with Gasteiger partial charge in [0.15, 0.2) is 0 Å². The summed E-state index contributed by atoms with van der Waals surface area (Å²) in [5, 5.41) is 7.37. The van der Waals surface area contributed by atoms with Gasteiger partial charge in [-0.2, -0.15) is 0 Å². The highest BCUT2D eigenvalue weighted by atomic mass is 16.7. The molecule has 4 amide bonds. The number of carbonyl (C=O) groups is 4. The fourth-order valence-electron chi connectivity index (χ4n) is 6.53. The summed E-state index contributed by atoms with van der Waals surface area (Å²) in [6.45, 7) is 12.0. The van der Waals surface area contributed by atoms with Crippen LogP contribution in [0.15, 0.2) is 48.8 Å². The minimum atomic E-state index is -0.752. The largest absolute Gasteiger partial charge is 0.453 e. The van der Waals surface area contributed by atoms with Gasteiger partial charge in [-0.05, 0) is 48.1 Å². The second kappa shape index (κ2) is 18.0. The normalized spacial score (nSPS) is 17.9. The van der Waals surface area contributed by atoms with E-state index in [2.05, 4.69) is 60.9 Å². The lowest BCUT2D eigenvalue weighted by molar-refractivity contribution is -0.193. The van der Waals surface area contributed by atoms with E-state index in [0.29, 0.717) is 30.6 Å². The van der Waals surface area contributed by atoms with Crippen LogP contribution >= 0.6 is 0 Å². The summed E-state index contributed by atoms with van der Waals surface area (Å²) < 4.78 is 21.7. The zero-order valence-corrected chi connectivity index (χ0v) is 33.7. The molecule has 0 radical (unpaired) electrons. The topological polar surface area (TPSA) is 193 Å². The Morgan fingerprint density at radius 3 is 1.77 bits per heavy atom. The van der Waals surface area contributed by atoms with Crippen LogP contribution in [0.2, 0.25) is 0 Å². The number of likely N-dealkylation sites (N-methyl/N-ethyl adjacent to an activating group) is 2. The van der Waals surface area contributed by atoms with Gasteiger partial charge in [-0.15, -0.1) is 0 Å². The minimum absolute atomic E-state index is 0.0186. The molecule has 1 saturated heterocycles. The number of rotatable bonds is 13. The Balaban J connectivity index is 1.19. The Kier molecular flexibility index (Phi) is 13.4. The van der Waals surface area contributed by atoms with E-state index in [9.17, 15) is 19.2 Å². The summed E-state index contributed by atoms with van der Waals surface area (Å²) in [6, 6.07) is 10.2. The predicted octanol–water partition coefficient (Wildman–Crippen LogP) is 5.58. The molecule has 4 aromatic rings. The van der Waals surface area contributed by atoms with Crippen LogP contribution in [-0.2, 0) is 28.5 Å². The maximum absolute atomic E-state index is 13.3. The fourth-order valence-corrected chi connectivity index (χ4v) is 6.53. The second-order valence-electron chi connectivity index (χ2n) is 14.9. The first-order valence-corrected chi connectivity index (χ1v) is 18.7. The number of benzene rings is 2. The zero-order valence-electron chi connectivity index (χ0n) is 33.7. The molecule has 0 unspecified atom stereocenters. The molecule has 56 heavy (non-hydrogen) atoms. The number of H-pyrrole nitrogens is 2. The lowest BCUT2D eigenvalue weighted by Crippen LogP contribution is -2.50. The Bertz CT molecular complexity index is 2000. The van der Waals surface area contributed by atoms with Crippen LogP contribution in [0.1, 0.15) is 88.7 Å². The van der Waals surface area contributed by atoms with Gasteiger partial charge in [-0.25, -0.2) is 19.6 Å². The Hall–Kier alpha value is -5.48. The molecule has 0 spiro atoms. The number of fused-ring (bicyclic) bond motifs is 1. The number of ether oxygens (including phenoxy) is 4. The maximum atomic E-state index is 13.3. The van der Waals surface area contributed by atoms with Crippen LogP contribution in [0.25, 0.3) is 22.0 Å². The summed E-state index contributed by atoms with van der Waals surface area (Å²) in [4.78, 5) is 69.1. The van der Waals surface area contributed by atoms with Crippen molar-refractivity contribution in [3.63, 3.8) is 0 Å². The first kappa shape index (κ1) is 41.7. The summed E-state index contributed by atoms with van der Waals surface area (Å²) in [5.74, 6) is 0.408. The van der Waals surface area contributed by atoms with Gasteiger partial charge in [0, 0.05) is 25.6 Å². The number of nitrogens with zero attached hydrogens (tertiary/aromatic N) is 4. The maximum Gasteiger partial charge on any atom is 0.407 e. The Morgan fingerprint density at radius 1 is 0.732 bits per heavy atom. The molecular weight excluding hydrogens is 720 g/mol. The first-order chi connectivity index (χ1) is 26.6. The minimum Gasteiger partial charge on any atom is -0.453 e. The second-order valence-corrected chi connectivity index (χ2v) is 14.9. The Labute approximate surface area is 327 Å². The number of methoxy groups -OCH3 is 2. The van der Waals surface area contributed by atoms with Gasteiger partial charge in [0.05, 0.1) is 63.3 Å². The number of hydrogen-bond acceptors (Lipinski definition) is 10. The molecule has 1 fully saturated rings. The van der Waals surface area contributed by atoms with E-state index in [-0.39, 0.29) is 35.6 Å². The molecule has 0 saturated carbocycles. The van der Waals surface area contributed by atoms with Gasteiger partial charge in [-0.3, -0.25) is 9.59 Å². The number of alkyl carbamates (subject to hydrolysis) is 2. The molecule has 4 N–H and O–H groups in total. The van der Waals surface area contributed by atoms with E-state index in [1.807, 2.05) is 47.6 Å². The number of carbonyl (C=O) groups excluding carboxylic acids is 4. The molecule has 1 aliphatic heterocycles. The number of aromatic nitrogens is 4. The van der Waals surface area contributed by atoms with Crippen LogP contribution in [0, 0.1) is 11.8 Å². The molecular formula is C40H54N8O8. The van der Waals surface area contributed by atoms with Gasteiger partial charge >= 0.3 is 12.2 Å². The third kappa shape index (κ3) is 9.30. The fraction of sp³-hybridized carbons (Fsp3) is 0.500. The van der Waals surface area contributed by atoms with Crippen molar-refractivity contribution in [1.29, 1.82) is 0 Å². The van der Waals surface area contributed by atoms with Gasteiger partial charge in [0.25, 0.3) is 0 Å². The number of amides is 4. The van der Waals surface area contributed by atoms with Crippen molar-refractivity contribution >= 4 is 34.8 Å². The van der Waals surface area contributed by atoms with E-state index >= 15 is 0 Å². The molecule has 5 rings (SSSR count). The quantitative estimate of drug-likeness (QED) is 0.133. The van der Waals surface area contributed by atoms with Crippen molar-refractivity contribution < 1.29 is 38.1 Å². The SMILES string of the molecule is COC(=O)N[C@@H](C(=O)N(C)[C@@H](C)c1ncc(-c2ccc3cc(C4COC(c5cnc([C@H](C)N(C)C(=O)[C@H](NC(=O)OC)C(C)C)[nH]5)OC4)ccc3c2)[nH]1)C(C)C. The first-order valence-electron chi connectivity index (χ1n) is 18.7. The molecule has 0 bridgehead atoms. The standard InChI is InChI=1S/C40H54N8O8/c1-21(2)32(45-39(51)53-9)36(49)47(7)23(5)34-41-17-30(43-34)28-14-13-25-15-27(12-11-26(25)16-28)29-19-55-38(56-20-29)31-18-42-35(44-31)24(6)48(8)37(50)33(22(3)4)46-40(52)54-10/h11-18,21-24,29,32-33,38H,19-20H2,1-10H3,(H,41,43)(H,42,44)(H,45,51)(H,46,52)/t23-,24-,29?,32+,33+,38?/m0/s1. The number of hydrogen-bond donors (Lipinski definition) is 4. The van der Waals surface area contributed by atoms with E-state index in [0.717, 1.165) is 27.6 Å². The molecule has 4 atom stereocenters. The van der Waals surface area contributed by atoms with Crippen LogP contribution < -0.4 is 10.6 Å². The van der Waals surface area contributed by atoms with Gasteiger partial charge in [0.1, 0.15) is 23.7 Å². The monoisotopic (exact) mass is 774 g/mol. The van der Waals surface area contributed by atoms with E-state index in [1.54, 1.807) is 36.3 Å². The van der Waals surface area contributed by atoms with Crippen molar-refractivity contribution in [3.8, 4) is 11.3 Å². The summed E-state index contributed by atoms with van der Waals surface area (Å²) >= 11 is 0. The molecule has 3 heterocycles. The van der Waals surface area contributed by atoms with Crippen LogP contribution in [0.4, 0.5) is 9.59 Å². The average Bonchev–Trinajstić information content (AvgIpc) is 3.91. The lowest BCUT2D eigenvalue weighted by Gasteiger charge is -2.30. The molecule has 2 aromatic heterocycles.